The van der Waals surface area contributed by atoms with Gasteiger partial charge >= 0.3 is 0 Å². The van der Waals surface area contributed by atoms with Crippen molar-refractivity contribution in [2.45, 2.75) is 59.0 Å². The average Bonchev–Trinajstić information content (AvgIpc) is 2.16. The molecular weight excluding hydrogens is 184 g/mol. The molecule has 0 aliphatic carbocycles. The first-order valence-electron chi connectivity index (χ1n) is 6.38. The SMILES string of the molecule is CC1CCN(C(C)(CN)C(C)C)C(C)C1. The molecule has 0 saturated carbocycles. The Morgan fingerprint density at radius 2 is 2.00 bits per heavy atom. The summed E-state index contributed by atoms with van der Waals surface area (Å²) in [6.45, 7) is 13.6. The van der Waals surface area contributed by atoms with Crippen molar-refractivity contribution in [1.82, 2.24) is 4.90 Å². The quantitative estimate of drug-likeness (QED) is 0.779. The highest BCUT2D eigenvalue weighted by atomic mass is 15.2. The Morgan fingerprint density at radius 3 is 2.40 bits per heavy atom. The Morgan fingerprint density at radius 1 is 1.40 bits per heavy atom. The Bertz CT molecular complexity index is 203. The van der Waals surface area contributed by atoms with Crippen molar-refractivity contribution in [2.75, 3.05) is 13.1 Å². The third-order valence-corrected chi connectivity index (χ3v) is 4.45. The normalized spacial score (nSPS) is 33.0. The molecule has 3 atom stereocenters. The maximum Gasteiger partial charge on any atom is 0.0329 e. The summed E-state index contributed by atoms with van der Waals surface area (Å²) in [6.07, 6.45) is 2.65. The molecule has 1 saturated heterocycles. The number of nitrogens with two attached hydrogens (primary N) is 1. The predicted octanol–water partition coefficient (Wildman–Crippen LogP) is 2.48. The van der Waals surface area contributed by atoms with E-state index in [0.29, 0.717) is 12.0 Å². The van der Waals surface area contributed by atoms with Crippen LogP contribution in [0.4, 0.5) is 0 Å². The van der Waals surface area contributed by atoms with Crippen LogP contribution in [0.2, 0.25) is 0 Å². The topological polar surface area (TPSA) is 29.3 Å². The van der Waals surface area contributed by atoms with Crippen LogP contribution >= 0.6 is 0 Å². The monoisotopic (exact) mass is 212 g/mol. The van der Waals surface area contributed by atoms with Crippen LogP contribution in [0.25, 0.3) is 0 Å². The summed E-state index contributed by atoms with van der Waals surface area (Å²) in [5.41, 5.74) is 6.17. The number of likely N-dealkylation sites (tertiary alicyclic amines) is 1. The maximum absolute atomic E-state index is 5.99. The minimum Gasteiger partial charge on any atom is -0.329 e. The molecule has 15 heavy (non-hydrogen) atoms. The number of piperidine rings is 1. The lowest BCUT2D eigenvalue weighted by Crippen LogP contribution is -2.60. The standard InChI is InChI=1S/C13H28N2/c1-10(2)13(5,9-14)15-7-6-11(3)8-12(15)4/h10-12H,6-9,14H2,1-5H3. The third kappa shape index (κ3) is 2.54. The summed E-state index contributed by atoms with van der Waals surface area (Å²) in [6, 6.07) is 0.685. The van der Waals surface area contributed by atoms with Crippen LogP contribution in [-0.4, -0.2) is 29.6 Å². The van der Waals surface area contributed by atoms with E-state index in [1.807, 2.05) is 0 Å². The first-order valence-corrected chi connectivity index (χ1v) is 6.38. The van der Waals surface area contributed by atoms with Gasteiger partial charge in [0.05, 0.1) is 0 Å². The molecule has 1 fully saturated rings. The van der Waals surface area contributed by atoms with Gasteiger partial charge in [0, 0.05) is 18.1 Å². The molecule has 0 bridgehead atoms. The van der Waals surface area contributed by atoms with E-state index in [1.54, 1.807) is 0 Å². The van der Waals surface area contributed by atoms with E-state index >= 15 is 0 Å². The van der Waals surface area contributed by atoms with Gasteiger partial charge in [0.2, 0.25) is 0 Å². The van der Waals surface area contributed by atoms with Crippen molar-refractivity contribution in [1.29, 1.82) is 0 Å². The molecule has 0 spiro atoms. The molecule has 1 aliphatic rings. The number of rotatable bonds is 3. The zero-order valence-corrected chi connectivity index (χ0v) is 11.1. The van der Waals surface area contributed by atoms with Gasteiger partial charge in [-0.2, -0.15) is 0 Å². The van der Waals surface area contributed by atoms with Crippen LogP contribution in [0.5, 0.6) is 0 Å². The van der Waals surface area contributed by atoms with E-state index < -0.39 is 0 Å². The molecular formula is C13H28N2. The third-order valence-electron chi connectivity index (χ3n) is 4.45. The Labute approximate surface area is 95.2 Å². The second-order valence-corrected chi connectivity index (χ2v) is 5.89. The van der Waals surface area contributed by atoms with E-state index in [9.17, 15) is 0 Å². The van der Waals surface area contributed by atoms with Gasteiger partial charge in [-0.15, -0.1) is 0 Å². The minimum atomic E-state index is 0.180. The molecule has 0 amide bonds. The summed E-state index contributed by atoms with van der Waals surface area (Å²) in [4.78, 5) is 2.64. The lowest BCUT2D eigenvalue weighted by Gasteiger charge is -2.50. The molecule has 90 valence electrons. The highest BCUT2D eigenvalue weighted by molar-refractivity contribution is 4.94. The van der Waals surface area contributed by atoms with Crippen molar-refractivity contribution in [3.8, 4) is 0 Å². The van der Waals surface area contributed by atoms with Crippen LogP contribution in [0, 0.1) is 11.8 Å². The van der Waals surface area contributed by atoms with Gasteiger partial charge in [-0.25, -0.2) is 0 Å². The van der Waals surface area contributed by atoms with Gasteiger partial charge in [-0.05, 0) is 45.1 Å². The van der Waals surface area contributed by atoms with Gasteiger partial charge in [0.15, 0.2) is 0 Å². The fourth-order valence-corrected chi connectivity index (χ4v) is 2.85. The van der Waals surface area contributed by atoms with Gasteiger partial charge in [-0.3, -0.25) is 4.90 Å². The molecule has 2 N–H and O–H groups in total. The van der Waals surface area contributed by atoms with E-state index in [0.717, 1.165) is 12.5 Å². The zero-order valence-electron chi connectivity index (χ0n) is 11.1. The van der Waals surface area contributed by atoms with Crippen molar-refractivity contribution in [3.63, 3.8) is 0 Å². The van der Waals surface area contributed by atoms with Crippen molar-refractivity contribution < 1.29 is 0 Å². The average molecular weight is 212 g/mol. The molecule has 2 nitrogen and oxygen atoms in total. The number of hydrogen-bond donors (Lipinski definition) is 1. The van der Waals surface area contributed by atoms with E-state index in [2.05, 4.69) is 39.5 Å². The van der Waals surface area contributed by atoms with Crippen LogP contribution in [0.3, 0.4) is 0 Å². The first-order chi connectivity index (χ1) is 6.91. The second-order valence-electron chi connectivity index (χ2n) is 5.89. The molecule has 3 unspecified atom stereocenters. The Kier molecular flexibility index (Phi) is 4.19. The second kappa shape index (κ2) is 4.84. The van der Waals surface area contributed by atoms with Crippen molar-refractivity contribution in [3.05, 3.63) is 0 Å². The lowest BCUT2D eigenvalue weighted by atomic mass is 9.81. The highest BCUT2D eigenvalue weighted by Gasteiger charge is 2.38. The molecule has 1 heterocycles. The van der Waals surface area contributed by atoms with Crippen LogP contribution in [-0.2, 0) is 0 Å². The molecule has 0 aromatic carbocycles. The highest BCUT2D eigenvalue weighted by Crippen LogP contribution is 2.32. The molecule has 0 radical (unpaired) electrons. The Balaban J connectivity index is 2.76. The summed E-state index contributed by atoms with van der Waals surface area (Å²) in [5.74, 6) is 1.50. The summed E-state index contributed by atoms with van der Waals surface area (Å²) in [7, 11) is 0. The largest absolute Gasteiger partial charge is 0.329 e. The molecule has 2 heteroatoms. The van der Waals surface area contributed by atoms with Gasteiger partial charge in [0.25, 0.3) is 0 Å². The van der Waals surface area contributed by atoms with Crippen LogP contribution in [0.15, 0.2) is 0 Å². The van der Waals surface area contributed by atoms with Crippen molar-refractivity contribution >= 4 is 0 Å². The zero-order chi connectivity index (χ0) is 11.6. The minimum absolute atomic E-state index is 0.180. The van der Waals surface area contributed by atoms with Crippen LogP contribution < -0.4 is 5.73 Å². The van der Waals surface area contributed by atoms with E-state index in [-0.39, 0.29) is 5.54 Å². The summed E-state index contributed by atoms with van der Waals surface area (Å²) in [5, 5.41) is 0. The fourth-order valence-electron chi connectivity index (χ4n) is 2.85. The first kappa shape index (κ1) is 13.0. The van der Waals surface area contributed by atoms with Crippen molar-refractivity contribution in [2.24, 2.45) is 17.6 Å². The number of nitrogens with zero attached hydrogens (tertiary/aromatic N) is 1. The molecule has 0 aromatic rings. The smallest absolute Gasteiger partial charge is 0.0329 e. The Hall–Kier alpha value is -0.0800. The molecule has 1 aliphatic heterocycles. The fraction of sp³-hybridized carbons (Fsp3) is 1.00. The number of hydrogen-bond acceptors (Lipinski definition) is 2. The molecule has 0 aromatic heterocycles. The van der Waals surface area contributed by atoms with E-state index in [4.69, 9.17) is 5.73 Å². The lowest BCUT2D eigenvalue weighted by molar-refractivity contribution is -0.00219. The summed E-state index contributed by atoms with van der Waals surface area (Å²) < 4.78 is 0. The summed E-state index contributed by atoms with van der Waals surface area (Å²) >= 11 is 0. The molecule has 1 rings (SSSR count). The maximum atomic E-state index is 5.99. The van der Waals surface area contributed by atoms with Gasteiger partial charge in [0.1, 0.15) is 0 Å². The van der Waals surface area contributed by atoms with Crippen LogP contribution in [0.1, 0.15) is 47.5 Å². The van der Waals surface area contributed by atoms with Gasteiger partial charge < -0.3 is 5.73 Å². The predicted molar refractivity (Wildman–Crippen MR) is 66.9 cm³/mol. The van der Waals surface area contributed by atoms with E-state index in [1.165, 1.54) is 19.4 Å². The van der Waals surface area contributed by atoms with Gasteiger partial charge in [-0.1, -0.05) is 20.8 Å².